The number of anilines is 1. The fourth-order valence-corrected chi connectivity index (χ4v) is 2.49. The summed E-state index contributed by atoms with van der Waals surface area (Å²) >= 11 is 0. The van der Waals surface area contributed by atoms with Gasteiger partial charge in [0.05, 0.1) is 11.7 Å². The predicted octanol–water partition coefficient (Wildman–Crippen LogP) is 0.395. The van der Waals surface area contributed by atoms with Gasteiger partial charge >= 0.3 is 0 Å². The Balaban J connectivity index is 2.26. The zero-order chi connectivity index (χ0) is 13.1. The molecule has 1 saturated heterocycles. The Morgan fingerprint density at radius 3 is 3.06 bits per heavy atom. The van der Waals surface area contributed by atoms with Gasteiger partial charge in [0.1, 0.15) is 5.82 Å². The summed E-state index contributed by atoms with van der Waals surface area (Å²) in [5.74, 6) is 0.677. The van der Waals surface area contributed by atoms with Crippen LogP contribution in [-0.2, 0) is 0 Å². The second kappa shape index (κ2) is 5.46. The minimum absolute atomic E-state index is 0.198. The van der Waals surface area contributed by atoms with Crippen LogP contribution in [0, 0.1) is 0 Å². The van der Waals surface area contributed by atoms with Crippen LogP contribution in [0.1, 0.15) is 16.8 Å². The minimum atomic E-state index is -0.351. The van der Waals surface area contributed by atoms with Crippen molar-refractivity contribution in [1.82, 2.24) is 9.88 Å². The first kappa shape index (κ1) is 13.0. The van der Waals surface area contributed by atoms with Crippen molar-refractivity contribution >= 4 is 12.1 Å². The molecule has 0 aromatic carbocycles. The molecule has 2 unspecified atom stereocenters. The molecular weight excluding hydrogens is 230 g/mol. The van der Waals surface area contributed by atoms with E-state index in [2.05, 4.69) is 9.88 Å². The summed E-state index contributed by atoms with van der Waals surface area (Å²) in [6.45, 7) is 1.38. The lowest BCUT2D eigenvalue weighted by atomic mass is 10.2. The number of rotatable bonds is 4. The number of hydrogen-bond donors (Lipinski definition) is 1. The average molecular weight is 249 g/mol. The second-order valence-electron chi connectivity index (χ2n) is 4.99. The number of aliphatic hydroxyl groups is 1. The summed E-state index contributed by atoms with van der Waals surface area (Å²) in [6, 6.07) is 3.71. The summed E-state index contributed by atoms with van der Waals surface area (Å²) in [7, 11) is 4.00. The number of β-amino-alcohol motifs (C(OH)–C–C–N with tert-alkyl or cyclic N) is 1. The van der Waals surface area contributed by atoms with Crippen LogP contribution in [0.5, 0.6) is 0 Å². The summed E-state index contributed by atoms with van der Waals surface area (Å²) in [5, 5.41) is 9.83. The number of aldehydes is 1. The molecule has 1 aromatic rings. The van der Waals surface area contributed by atoms with Crippen molar-refractivity contribution in [3.05, 3.63) is 23.9 Å². The first-order valence-electron chi connectivity index (χ1n) is 6.11. The topological polar surface area (TPSA) is 56.7 Å². The molecule has 1 N–H and O–H groups in total. The lowest BCUT2D eigenvalue weighted by molar-refractivity contribution is 0.112. The molecule has 0 amide bonds. The molecule has 18 heavy (non-hydrogen) atoms. The molecule has 2 heterocycles. The summed E-state index contributed by atoms with van der Waals surface area (Å²) < 4.78 is 0. The molecule has 0 saturated carbocycles. The van der Waals surface area contributed by atoms with E-state index in [0.29, 0.717) is 24.3 Å². The van der Waals surface area contributed by atoms with E-state index in [4.69, 9.17) is 0 Å². The molecule has 1 fully saturated rings. The Morgan fingerprint density at radius 1 is 1.61 bits per heavy atom. The molecule has 2 atom stereocenters. The number of aliphatic hydroxyl groups excluding tert-OH is 1. The van der Waals surface area contributed by atoms with Crippen LogP contribution in [0.4, 0.5) is 5.82 Å². The maximum atomic E-state index is 11.1. The van der Waals surface area contributed by atoms with Crippen LogP contribution in [0.25, 0.3) is 0 Å². The van der Waals surface area contributed by atoms with Gasteiger partial charge in [-0.1, -0.05) is 0 Å². The van der Waals surface area contributed by atoms with Gasteiger partial charge in [0.15, 0.2) is 6.29 Å². The van der Waals surface area contributed by atoms with E-state index in [0.717, 1.165) is 12.8 Å². The van der Waals surface area contributed by atoms with Crippen LogP contribution >= 0.6 is 0 Å². The molecule has 0 spiro atoms. The Kier molecular flexibility index (Phi) is 3.93. The second-order valence-corrected chi connectivity index (χ2v) is 4.99. The highest BCUT2D eigenvalue weighted by atomic mass is 16.3. The molecule has 5 nitrogen and oxygen atoms in total. The van der Waals surface area contributed by atoms with Crippen LogP contribution in [-0.4, -0.2) is 60.6 Å². The van der Waals surface area contributed by atoms with Gasteiger partial charge in [0.25, 0.3) is 0 Å². The van der Waals surface area contributed by atoms with E-state index < -0.39 is 0 Å². The van der Waals surface area contributed by atoms with Gasteiger partial charge in [-0.25, -0.2) is 4.98 Å². The summed E-state index contributed by atoms with van der Waals surface area (Å²) in [6.07, 6.45) is 2.86. The number of carbonyl (C=O) groups excluding carboxylic acids is 1. The van der Waals surface area contributed by atoms with E-state index in [1.54, 1.807) is 18.3 Å². The number of aromatic nitrogens is 1. The van der Waals surface area contributed by atoms with Gasteiger partial charge in [-0.3, -0.25) is 4.79 Å². The number of nitrogens with zero attached hydrogens (tertiary/aromatic N) is 3. The van der Waals surface area contributed by atoms with Crippen LogP contribution < -0.4 is 4.90 Å². The van der Waals surface area contributed by atoms with Gasteiger partial charge in [0.2, 0.25) is 0 Å². The number of hydrogen-bond acceptors (Lipinski definition) is 5. The van der Waals surface area contributed by atoms with E-state index in [9.17, 15) is 9.90 Å². The number of pyridine rings is 1. The Labute approximate surface area is 107 Å². The molecule has 98 valence electrons. The summed E-state index contributed by atoms with van der Waals surface area (Å²) in [5.41, 5.74) is 0.579. The molecule has 1 aliphatic heterocycles. The van der Waals surface area contributed by atoms with Crippen LogP contribution in [0.15, 0.2) is 18.3 Å². The van der Waals surface area contributed by atoms with Gasteiger partial charge in [-0.2, -0.15) is 0 Å². The Bertz CT molecular complexity index is 422. The fourth-order valence-electron chi connectivity index (χ4n) is 2.49. The van der Waals surface area contributed by atoms with Gasteiger partial charge in [0, 0.05) is 25.3 Å². The van der Waals surface area contributed by atoms with Crippen molar-refractivity contribution < 1.29 is 9.90 Å². The first-order valence-corrected chi connectivity index (χ1v) is 6.11. The number of likely N-dealkylation sites (N-methyl/N-ethyl adjacent to an activating group) is 1. The predicted molar refractivity (Wildman–Crippen MR) is 69.9 cm³/mol. The van der Waals surface area contributed by atoms with Crippen LogP contribution in [0.3, 0.4) is 0 Å². The lowest BCUT2D eigenvalue weighted by Gasteiger charge is -2.28. The molecule has 1 aromatic heterocycles. The molecular formula is C13H19N3O2. The third-order valence-corrected chi connectivity index (χ3v) is 3.18. The van der Waals surface area contributed by atoms with E-state index >= 15 is 0 Å². The van der Waals surface area contributed by atoms with Crippen molar-refractivity contribution in [1.29, 1.82) is 0 Å². The molecule has 1 aliphatic rings. The SMILES string of the molecule is CN(C)CC1CC(O)CN1c1ncccc1C=O. The quantitative estimate of drug-likeness (QED) is 0.783. The monoisotopic (exact) mass is 249 g/mol. The molecule has 0 aliphatic carbocycles. The molecule has 2 rings (SSSR count). The lowest BCUT2D eigenvalue weighted by Crippen LogP contribution is -2.38. The smallest absolute Gasteiger partial charge is 0.153 e. The van der Waals surface area contributed by atoms with Crippen LogP contribution in [0.2, 0.25) is 0 Å². The standard InChI is InChI=1S/C13H19N3O2/c1-15(2)7-11-6-12(18)8-16(11)13-10(9-17)4-3-5-14-13/h3-5,9,11-12,18H,6-8H2,1-2H3. The zero-order valence-electron chi connectivity index (χ0n) is 10.8. The van der Waals surface area contributed by atoms with Crippen molar-refractivity contribution in [2.45, 2.75) is 18.6 Å². The fraction of sp³-hybridized carbons (Fsp3) is 0.538. The van der Waals surface area contributed by atoms with Gasteiger partial charge in [-0.05, 0) is 32.6 Å². The zero-order valence-corrected chi connectivity index (χ0v) is 10.8. The largest absolute Gasteiger partial charge is 0.391 e. The van der Waals surface area contributed by atoms with E-state index in [-0.39, 0.29) is 12.1 Å². The van der Waals surface area contributed by atoms with Crippen molar-refractivity contribution in [3.8, 4) is 0 Å². The van der Waals surface area contributed by atoms with Crippen molar-refractivity contribution in [3.63, 3.8) is 0 Å². The average Bonchev–Trinajstić information content (AvgIpc) is 2.69. The molecule has 0 bridgehead atoms. The highest BCUT2D eigenvalue weighted by molar-refractivity contribution is 5.82. The molecule has 0 radical (unpaired) electrons. The maximum Gasteiger partial charge on any atom is 0.153 e. The highest BCUT2D eigenvalue weighted by Crippen LogP contribution is 2.26. The first-order chi connectivity index (χ1) is 8.61. The molecule has 5 heteroatoms. The maximum absolute atomic E-state index is 11.1. The van der Waals surface area contributed by atoms with Gasteiger partial charge < -0.3 is 14.9 Å². The minimum Gasteiger partial charge on any atom is -0.391 e. The summed E-state index contributed by atoms with van der Waals surface area (Å²) in [4.78, 5) is 19.5. The Hall–Kier alpha value is -1.46. The van der Waals surface area contributed by atoms with Crippen molar-refractivity contribution in [2.24, 2.45) is 0 Å². The Morgan fingerprint density at radius 2 is 2.39 bits per heavy atom. The third kappa shape index (κ3) is 2.68. The number of carbonyl (C=O) groups is 1. The highest BCUT2D eigenvalue weighted by Gasteiger charge is 2.33. The van der Waals surface area contributed by atoms with E-state index in [1.807, 2.05) is 19.0 Å². The third-order valence-electron chi connectivity index (χ3n) is 3.18. The van der Waals surface area contributed by atoms with E-state index in [1.165, 1.54) is 0 Å². The normalized spacial score (nSPS) is 23.7. The van der Waals surface area contributed by atoms with Crippen molar-refractivity contribution in [2.75, 3.05) is 32.1 Å². The van der Waals surface area contributed by atoms with Gasteiger partial charge in [-0.15, -0.1) is 0 Å².